The Morgan fingerprint density at radius 1 is 1.33 bits per heavy atom. The summed E-state index contributed by atoms with van der Waals surface area (Å²) in [5.74, 6) is 0.441. The van der Waals surface area contributed by atoms with E-state index in [1.165, 1.54) is 18.0 Å². The first-order valence-corrected chi connectivity index (χ1v) is 6.30. The molecule has 18 heavy (non-hydrogen) atoms. The molecule has 1 heterocycles. The van der Waals surface area contributed by atoms with E-state index in [0.717, 1.165) is 5.56 Å². The third-order valence-corrected chi connectivity index (χ3v) is 3.51. The van der Waals surface area contributed by atoms with Crippen LogP contribution in [0.15, 0.2) is 45.8 Å². The van der Waals surface area contributed by atoms with Crippen molar-refractivity contribution >= 4 is 15.9 Å². The fourth-order valence-corrected chi connectivity index (χ4v) is 2.17. The molecule has 4 nitrogen and oxygen atoms in total. The molecular formula is C13H13BrN2O2. The zero-order chi connectivity index (χ0) is 13.1. The Labute approximate surface area is 113 Å². The molecule has 1 atom stereocenters. The molecule has 1 aromatic heterocycles. The molecule has 0 amide bonds. The van der Waals surface area contributed by atoms with Gasteiger partial charge in [0.25, 0.3) is 5.56 Å². The smallest absolute Gasteiger partial charge is 0.285 e. The minimum Gasteiger partial charge on any atom is -0.494 e. The Morgan fingerprint density at radius 3 is 2.61 bits per heavy atom. The fourth-order valence-electron chi connectivity index (χ4n) is 1.72. The maximum absolute atomic E-state index is 12.1. The van der Waals surface area contributed by atoms with Crippen LogP contribution in [0.2, 0.25) is 0 Å². The van der Waals surface area contributed by atoms with Gasteiger partial charge in [0.1, 0.15) is 4.47 Å². The van der Waals surface area contributed by atoms with Crippen LogP contribution in [0.25, 0.3) is 0 Å². The summed E-state index contributed by atoms with van der Waals surface area (Å²) in [6.45, 7) is 1.93. The van der Waals surface area contributed by atoms with E-state index in [1.807, 2.05) is 37.3 Å². The molecule has 5 heteroatoms. The van der Waals surface area contributed by atoms with E-state index < -0.39 is 0 Å². The lowest BCUT2D eigenvalue weighted by molar-refractivity contribution is 0.400. The fraction of sp³-hybridized carbons (Fsp3) is 0.231. The second-order valence-electron chi connectivity index (χ2n) is 3.86. The number of hydrogen-bond acceptors (Lipinski definition) is 3. The molecule has 2 rings (SSSR count). The van der Waals surface area contributed by atoms with Gasteiger partial charge in [0.15, 0.2) is 5.75 Å². The van der Waals surface area contributed by atoms with Crippen molar-refractivity contribution in [2.75, 3.05) is 7.11 Å². The van der Waals surface area contributed by atoms with E-state index in [-0.39, 0.29) is 11.6 Å². The quantitative estimate of drug-likeness (QED) is 0.875. The first kappa shape index (κ1) is 12.8. The van der Waals surface area contributed by atoms with E-state index >= 15 is 0 Å². The van der Waals surface area contributed by atoms with Crippen molar-refractivity contribution in [3.05, 3.63) is 56.9 Å². The molecule has 0 fully saturated rings. The van der Waals surface area contributed by atoms with Crippen LogP contribution in [-0.4, -0.2) is 16.9 Å². The summed E-state index contributed by atoms with van der Waals surface area (Å²) >= 11 is 3.23. The maximum atomic E-state index is 12.1. The highest BCUT2D eigenvalue weighted by atomic mass is 79.9. The lowest BCUT2D eigenvalue weighted by atomic mass is 10.1. The van der Waals surface area contributed by atoms with Crippen LogP contribution in [0.4, 0.5) is 0 Å². The lowest BCUT2D eigenvalue weighted by Crippen LogP contribution is -2.27. The number of rotatable bonds is 3. The first-order chi connectivity index (χ1) is 8.65. The van der Waals surface area contributed by atoms with Gasteiger partial charge in [-0.3, -0.25) is 4.79 Å². The number of nitrogens with zero attached hydrogens (tertiary/aromatic N) is 2. The summed E-state index contributed by atoms with van der Waals surface area (Å²) in [5.41, 5.74) is 0.829. The van der Waals surface area contributed by atoms with E-state index in [4.69, 9.17) is 4.74 Å². The van der Waals surface area contributed by atoms with Crippen molar-refractivity contribution in [2.45, 2.75) is 13.0 Å². The predicted octanol–water partition coefficient (Wildman–Crippen LogP) is 2.62. The lowest BCUT2D eigenvalue weighted by Gasteiger charge is -2.15. The van der Waals surface area contributed by atoms with E-state index in [1.54, 1.807) is 0 Å². The van der Waals surface area contributed by atoms with Crippen molar-refractivity contribution in [3.8, 4) is 5.75 Å². The van der Waals surface area contributed by atoms with Crippen LogP contribution < -0.4 is 10.3 Å². The molecule has 0 aliphatic heterocycles. The summed E-state index contributed by atoms with van der Waals surface area (Å²) in [4.78, 5) is 12.1. The largest absolute Gasteiger partial charge is 0.494 e. The minimum atomic E-state index is -0.203. The maximum Gasteiger partial charge on any atom is 0.285 e. The van der Waals surface area contributed by atoms with Crippen LogP contribution in [0, 0.1) is 0 Å². The monoisotopic (exact) mass is 308 g/mol. The zero-order valence-electron chi connectivity index (χ0n) is 10.1. The zero-order valence-corrected chi connectivity index (χ0v) is 11.7. The van der Waals surface area contributed by atoms with Crippen LogP contribution in [0.1, 0.15) is 18.5 Å². The van der Waals surface area contributed by atoms with Crippen LogP contribution in [0.5, 0.6) is 5.75 Å². The van der Waals surface area contributed by atoms with Crippen molar-refractivity contribution in [1.29, 1.82) is 0 Å². The second kappa shape index (κ2) is 5.35. The Balaban J connectivity index is 2.47. The SMILES string of the molecule is COc1cnn(C(C)c2ccccc2)c(=O)c1Br. The second-order valence-corrected chi connectivity index (χ2v) is 4.66. The Bertz CT molecular complexity index is 596. The average molecular weight is 309 g/mol. The van der Waals surface area contributed by atoms with Crippen molar-refractivity contribution in [3.63, 3.8) is 0 Å². The summed E-state index contributed by atoms with van der Waals surface area (Å²) in [5, 5.41) is 4.14. The Kier molecular flexibility index (Phi) is 3.81. The van der Waals surface area contributed by atoms with Gasteiger partial charge < -0.3 is 4.74 Å². The first-order valence-electron chi connectivity index (χ1n) is 5.51. The Hall–Kier alpha value is -1.62. The van der Waals surface area contributed by atoms with E-state index in [9.17, 15) is 4.79 Å². The Morgan fingerprint density at radius 2 is 2.00 bits per heavy atom. The van der Waals surface area contributed by atoms with Gasteiger partial charge in [0.05, 0.1) is 19.3 Å². The highest BCUT2D eigenvalue weighted by molar-refractivity contribution is 9.10. The van der Waals surface area contributed by atoms with Gasteiger partial charge >= 0.3 is 0 Å². The number of benzene rings is 1. The number of methoxy groups -OCH3 is 1. The summed E-state index contributed by atoms with van der Waals surface area (Å²) in [6, 6.07) is 9.63. The van der Waals surface area contributed by atoms with E-state index in [2.05, 4.69) is 21.0 Å². The topological polar surface area (TPSA) is 44.1 Å². The number of halogens is 1. The molecule has 0 bridgehead atoms. The molecule has 0 aliphatic carbocycles. The molecule has 1 unspecified atom stereocenters. The normalized spacial score (nSPS) is 12.2. The van der Waals surface area contributed by atoms with Gasteiger partial charge in [0.2, 0.25) is 0 Å². The minimum absolute atomic E-state index is 0.124. The molecule has 1 aromatic carbocycles. The molecule has 0 saturated heterocycles. The predicted molar refractivity (Wildman–Crippen MR) is 73.0 cm³/mol. The van der Waals surface area contributed by atoms with Crippen LogP contribution >= 0.6 is 15.9 Å². The number of aromatic nitrogens is 2. The van der Waals surface area contributed by atoms with Crippen molar-refractivity contribution in [2.24, 2.45) is 0 Å². The molecule has 94 valence electrons. The van der Waals surface area contributed by atoms with Gasteiger partial charge in [-0.25, -0.2) is 4.68 Å². The van der Waals surface area contributed by atoms with E-state index in [0.29, 0.717) is 10.2 Å². The van der Waals surface area contributed by atoms with Crippen LogP contribution in [-0.2, 0) is 0 Å². The van der Waals surface area contributed by atoms with Gasteiger partial charge in [-0.15, -0.1) is 0 Å². The third-order valence-electron chi connectivity index (χ3n) is 2.78. The average Bonchev–Trinajstić information content (AvgIpc) is 2.42. The summed E-state index contributed by atoms with van der Waals surface area (Å²) in [6.07, 6.45) is 1.53. The summed E-state index contributed by atoms with van der Waals surface area (Å²) < 4.78 is 6.87. The van der Waals surface area contributed by atoms with Gasteiger partial charge in [-0.2, -0.15) is 5.10 Å². The summed E-state index contributed by atoms with van der Waals surface area (Å²) in [7, 11) is 1.51. The highest BCUT2D eigenvalue weighted by Gasteiger charge is 2.14. The number of hydrogen-bond donors (Lipinski definition) is 0. The molecule has 0 aliphatic rings. The van der Waals surface area contributed by atoms with Gasteiger partial charge in [-0.1, -0.05) is 30.3 Å². The highest BCUT2D eigenvalue weighted by Crippen LogP contribution is 2.21. The third kappa shape index (κ3) is 2.31. The standard InChI is InChI=1S/C13H13BrN2O2/c1-9(10-6-4-3-5-7-10)16-13(17)12(14)11(18-2)8-15-16/h3-9H,1-2H3. The van der Waals surface area contributed by atoms with Crippen LogP contribution in [0.3, 0.4) is 0 Å². The van der Waals surface area contributed by atoms with Crippen molar-refractivity contribution in [1.82, 2.24) is 9.78 Å². The molecule has 0 N–H and O–H groups in total. The van der Waals surface area contributed by atoms with Gasteiger partial charge in [-0.05, 0) is 28.4 Å². The molecule has 0 spiro atoms. The molecule has 2 aromatic rings. The molecular weight excluding hydrogens is 296 g/mol. The molecule has 0 saturated carbocycles. The molecule has 0 radical (unpaired) electrons. The van der Waals surface area contributed by atoms with Crippen molar-refractivity contribution < 1.29 is 4.74 Å². The van der Waals surface area contributed by atoms with Gasteiger partial charge in [0, 0.05) is 0 Å². The number of ether oxygens (including phenoxy) is 1.